The number of nitrogens with zero attached hydrogens (tertiary/aromatic N) is 1. The Morgan fingerprint density at radius 3 is 1.42 bits per heavy atom. The van der Waals surface area contributed by atoms with Crippen molar-refractivity contribution in [1.82, 2.24) is 4.90 Å². The topological polar surface area (TPSA) is 57.2 Å². The van der Waals surface area contributed by atoms with Crippen molar-refractivity contribution in [2.24, 2.45) is 0 Å². The molecule has 1 amide bonds. The normalized spacial score (nSPS) is 18.7. The Balaban J connectivity index is 1.31. The molecule has 1 fully saturated rings. The highest BCUT2D eigenvalue weighted by molar-refractivity contribution is 6.74. The van der Waals surface area contributed by atoms with E-state index in [0.29, 0.717) is 6.54 Å². The number of carbonyl (C=O) groups is 1. The third-order valence-corrected chi connectivity index (χ3v) is 22.6. The molecule has 59 heavy (non-hydrogen) atoms. The molecule has 5 aromatic carbocycles. The minimum atomic E-state index is -2.42. The van der Waals surface area contributed by atoms with Crippen LogP contribution in [0.5, 0.6) is 0 Å². The summed E-state index contributed by atoms with van der Waals surface area (Å²) in [5.74, 6) is -0.0656. The molecule has 3 atom stereocenters. The van der Waals surface area contributed by atoms with Gasteiger partial charge >= 0.3 is 6.09 Å². The molecular weight excluding hydrogens is 763 g/mol. The van der Waals surface area contributed by atoms with E-state index in [-0.39, 0.29) is 41.4 Å². The number of amides is 1. The first kappa shape index (κ1) is 42.8. The van der Waals surface area contributed by atoms with Gasteiger partial charge in [0.05, 0.1) is 31.4 Å². The maximum Gasteiger partial charge on any atom is 0.410 e. The predicted molar refractivity (Wildman–Crippen MR) is 245 cm³/mol. The van der Waals surface area contributed by atoms with Gasteiger partial charge in [0.2, 0.25) is 0 Å². The first-order chi connectivity index (χ1) is 27.9. The Hall–Kier alpha value is -4.32. The summed E-state index contributed by atoms with van der Waals surface area (Å²) in [6.07, 6.45) is -1.21. The zero-order valence-corrected chi connectivity index (χ0v) is 38.7. The quantitative estimate of drug-likeness (QED) is 0.0926. The van der Waals surface area contributed by atoms with Crippen LogP contribution in [0.3, 0.4) is 0 Å². The molecule has 2 aliphatic rings. The van der Waals surface area contributed by atoms with Crippen molar-refractivity contribution in [3.63, 3.8) is 0 Å². The van der Waals surface area contributed by atoms with Crippen molar-refractivity contribution >= 4 is 22.7 Å². The number of ether oxygens (including phenoxy) is 2. The van der Waals surface area contributed by atoms with E-state index in [2.05, 4.69) is 189 Å². The monoisotopic (exact) mass is 825 g/mol. The highest BCUT2D eigenvalue weighted by Gasteiger charge is 2.54. The molecular formula is C51H63NO5Si2. The van der Waals surface area contributed by atoms with Gasteiger partial charge in [0.15, 0.2) is 16.6 Å². The molecule has 1 aliphatic carbocycles. The average Bonchev–Trinajstić information content (AvgIpc) is 3.71. The summed E-state index contributed by atoms with van der Waals surface area (Å²) in [4.78, 5) is 16.8. The van der Waals surface area contributed by atoms with Gasteiger partial charge in [-0.05, 0) is 75.2 Å². The third kappa shape index (κ3) is 8.40. The molecule has 1 saturated heterocycles. The SMILES string of the molecule is CC(C)(C)[Si](C)(C)O[C@H]1[C@@H](O[Si](C)(C)C(C)(C)C)CN(C(=O)OCC2c3ccccc3-c3ccccc32)[C@@H]1COC(c1ccccc1)(c1ccccc1)c1ccccc1. The lowest BCUT2D eigenvalue weighted by molar-refractivity contribution is -0.0399. The molecule has 8 heteroatoms. The molecule has 0 spiro atoms. The van der Waals surface area contributed by atoms with Gasteiger partial charge < -0.3 is 18.3 Å². The maximum atomic E-state index is 14.9. The van der Waals surface area contributed by atoms with E-state index in [0.717, 1.165) is 16.7 Å². The van der Waals surface area contributed by atoms with E-state index in [1.54, 1.807) is 0 Å². The summed E-state index contributed by atoms with van der Waals surface area (Å²) in [5.41, 5.74) is 6.76. The van der Waals surface area contributed by atoms with Crippen LogP contribution in [0.15, 0.2) is 140 Å². The summed E-state index contributed by atoms with van der Waals surface area (Å²) >= 11 is 0. The van der Waals surface area contributed by atoms with Crippen LogP contribution in [-0.2, 0) is 23.9 Å². The first-order valence-corrected chi connectivity index (χ1v) is 27.0. The number of rotatable bonds is 12. The summed E-state index contributed by atoms with van der Waals surface area (Å²) in [5, 5.41) is -0.139. The van der Waals surface area contributed by atoms with Gasteiger partial charge in [0.1, 0.15) is 12.2 Å². The van der Waals surface area contributed by atoms with E-state index in [9.17, 15) is 4.79 Å². The Labute approximate surface area is 355 Å². The number of likely N-dealkylation sites (tertiary alicyclic amines) is 1. The molecule has 5 aromatic rings. The van der Waals surface area contributed by atoms with Crippen LogP contribution < -0.4 is 0 Å². The summed E-state index contributed by atoms with van der Waals surface area (Å²) in [7, 11) is -4.77. The van der Waals surface area contributed by atoms with E-state index in [1.165, 1.54) is 22.3 Å². The second kappa shape index (κ2) is 16.6. The third-order valence-electron chi connectivity index (χ3n) is 13.6. The van der Waals surface area contributed by atoms with Gasteiger partial charge in [0.25, 0.3) is 0 Å². The van der Waals surface area contributed by atoms with E-state index in [4.69, 9.17) is 18.3 Å². The van der Waals surface area contributed by atoms with Crippen LogP contribution in [0.25, 0.3) is 11.1 Å². The molecule has 0 N–H and O–H groups in total. The number of carbonyl (C=O) groups excluding carboxylic acids is 1. The predicted octanol–water partition coefficient (Wildman–Crippen LogP) is 12.4. The number of hydrogen-bond acceptors (Lipinski definition) is 5. The molecule has 0 bridgehead atoms. The van der Waals surface area contributed by atoms with Crippen LogP contribution in [0.1, 0.15) is 75.3 Å². The molecule has 1 heterocycles. The zero-order valence-electron chi connectivity index (χ0n) is 36.7. The standard InChI is InChI=1S/C51H63NO5Si2/c1-49(2,3)58(7,8)56-46-34-52(48(53)54-35-44-42-32-22-20-30-40(42)41-31-21-23-33-43(41)44)45(47(46)57-59(9,10)50(4,5)6)36-55-51(37-24-14-11-15-25-37,38-26-16-12-17-27-38)39-28-18-13-19-29-39/h11-33,44-47H,34-36H2,1-10H3/t45-,46+,47-/m1/s1. The van der Waals surface area contributed by atoms with Gasteiger partial charge in [-0.3, -0.25) is 4.90 Å². The molecule has 0 unspecified atom stereocenters. The van der Waals surface area contributed by atoms with Crippen LogP contribution in [0.2, 0.25) is 36.3 Å². The summed E-state index contributed by atoms with van der Waals surface area (Å²) in [6, 6.07) is 47.6. The van der Waals surface area contributed by atoms with Gasteiger partial charge in [0, 0.05) is 5.92 Å². The fourth-order valence-electron chi connectivity index (χ4n) is 8.24. The lowest BCUT2D eigenvalue weighted by atomic mass is 9.80. The highest BCUT2D eigenvalue weighted by atomic mass is 28.4. The van der Waals surface area contributed by atoms with E-state index < -0.39 is 34.4 Å². The van der Waals surface area contributed by atoms with Crippen LogP contribution in [0.4, 0.5) is 4.79 Å². The molecule has 0 radical (unpaired) electrons. The number of benzene rings is 5. The molecule has 310 valence electrons. The van der Waals surface area contributed by atoms with Gasteiger partial charge in [-0.2, -0.15) is 0 Å². The fourth-order valence-corrected chi connectivity index (χ4v) is 10.9. The van der Waals surface area contributed by atoms with Crippen molar-refractivity contribution < 1.29 is 23.1 Å². The Kier molecular flexibility index (Phi) is 12.1. The first-order valence-electron chi connectivity index (χ1n) is 21.2. The van der Waals surface area contributed by atoms with E-state index in [1.807, 2.05) is 23.1 Å². The molecule has 0 saturated carbocycles. The Morgan fingerprint density at radius 1 is 0.576 bits per heavy atom. The van der Waals surface area contributed by atoms with Gasteiger partial charge in [-0.1, -0.05) is 181 Å². The lowest BCUT2D eigenvalue weighted by Crippen LogP contribution is -2.54. The second-order valence-corrected chi connectivity index (χ2v) is 28.9. The summed E-state index contributed by atoms with van der Waals surface area (Å²) in [6.45, 7) is 23.4. The maximum absolute atomic E-state index is 14.9. The smallest absolute Gasteiger partial charge is 0.410 e. The van der Waals surface area contributed by atoms with Crippen LogP contribution >= 0.6 is 0 Å². The van der Waals surface area contributed by atoms with Gasteiger partial charge in [-0.15, -0.1) is 0 Å². The number of hydrogen-bond donors (Lipinski definition) is 0. The van der Waals surface area contributed by atoms with Crippen molar-refractivity contribution in [2.45, 2.75) is 108 Å². The highest BCUT2D eigenvalue weighted by Crippen LogP contribution is 2.47. The second-order valence-electron chi connectivity index (χ2n) is 19.4. The minimum absolute atomic E-state index is 0.0548. The Morgan fingerprint density at radius 2 is 0.983 bits per heavy atom. The van der Waals surface area contributed by atoms with Crippen LogP contribution in [-0.4, -0.2) is 65.6 Å². The van der Waals surface area contributed by atoms with Crippen molar-refractivity contribution in [3.05, 3.63) is 167 Å². The fraction of sp³-hybridized carbons (Fsp3) is 0.392. The lowest BCUT2D eigenvalue weighted by Gasteiger charge is -2.44. The van der Waals surface area contributed by atoms with Gasteiger partial charge in [-0.25, -0.2) is 4.79 Å². The average molecular weight is 826 g/mol. The van der Waals surface area contributed by atoms with E-state index >= 15 is 0 Å². The van der Waals surface area contributed by atoms with Crippen LogP contribution in [0, 0.1) is 0 Å². The summed E-state index contributed by atoms with van der Waals surface area (Å²) < 4.78 is 28.8. The molecule has 6 nitrogen and oxygen atoms in total. The number of fused-ring (bicyclic) bond motifs is 3. The largest absolute Gasteiger partial charge is 0.448 e. The van der Waals surface area contributed by atoms with Crippen molar-refractivity contribution in [2.75, 3.05) is 19.8 Å². The van der Waals surface area contributed by atoms with Crippen molar-refractivity contribution in [3.8, 4) is 11.1 Å². The molecule has 7 rings (SSSR count). The molecule has 1 aliphatic heterocycles. The minimum Gasteiger partial charge on any atom is -0.448 e. The zero-order chi connectivity index (χ0) is 42.2. The van der Waals surface area contributed by atoms with Crippen molar-refractivity contribution in [1.29, 1.82) is 0 Å². The molecule has 0 aromatic heterocycles. The Bertz CT molecular complexity index is 2050.